The van der Waals surface area contributed by atoms with Crippen LogP contribution in [0.15, 0.2) is 30.3 Å². The molecule has 0 spiro atoms. The number of nitrogens with one attached hydrogen (secondary N) is 1. The summed E-state index contributed by atoms with van der Waals surface area (Å²) in [5.74, 6) is 1.01. The van der Waals surface area contributed by atoms with Crippen molar-refractivity contribution < 1.29 is 9.53 Å². The molecule has 6 heteroatoms. The van der Waals surface area contributed by atoms with E-state index in [4.69, 9.17) is 10.5 Å². The van der Waals surface area contributed by atoms with E-state index < -0.39 is 6.04 Å². The average Bonchev–Trinajstić information content (AvgIpc) is 2.71. The van der Waals surface area contributed by atoms with Gasteiger partial charge in [0.25, 0.3) is 0 Å². The SMILES string of the molecule is Cc1nn(C)c(Oc2ccccc2)c1CNC(C)C(N)=O. The Balaban J connectivity index is 2.19. The smallest absolute Gasteiger partial charge is 0.234 e. The van der Waals surface area contributed by atoms with Gasteiger partial charge in [0.15, 0.2) is 0 Å². The first-order chi connectivity index (χ1) is 9.99. The maximum absolute atomic E-state index is 11.1. The van der Waals surface area contributed by atoms with E-state index in [9.17, 15) is 4.79 Å². The van der Waals surface area contributed by atoms with Crippen molar-refractivity contribution in [3.63, 3.8) is 0 Å². The molecule has 112 valence electrons. The van der Waals surface area contributed by atoms with Crippen molar-refractivity contribution in [1.29, 1.82) is 0 Å². The standard InChI is InChI=1S/C15H20N4O2/c1-10-13(9-17-11(2)14(16)20)15(19(3)18-10)21-12-7-5-4-6-8-12/h4-8,11,17H,9H2,1-3H3,(H2,16,20). The van der Waals surface area contributed by atoms with Crippen molar-refractivity contribution in [2.45, 2.75) is 26.4 Å². The average molecular weight is 288 g/mol. The highest BCUT2D eigenvalue weighted by atomic mass is 16.5. The van der Waals surface area contributed by atoms with Crippen molar-refractivity contribution in [2.24, 2.45) is 12.8 Å². The predicted molar refractivity (Wildman–Crippen MR) is 80.0 cm³/mol. The zero-order valence-corrected chi connectivity index (χ0v) is 12.5. The largest absolute Gasteiger partial charge is 0.439 e. The molecule has 0 radical (unpaired) electrons. The normalized spacial score (nSPS) is 12.1. The van der Waals surface area contributed by atoms with E-state index in [1.807, 2.05) is 44.3 Å². The van der Waals surface area contributed by atoms with E-state index in [2.05, 4.69) is 10.4 Å². The zero-order chi connectivity index (χ0) is 15.4. The van der Waals surface area contributed by atoms with E-state index >= 15 is 0 Å². The fourth-order valence-corrected chi connectivity index (χ4v) is 1.97. The molecule has 1 amide bonds. The number of aromatic nitrogens is 2. The van der Waals surface area contributed by atoms with Gasteiger partial charge in [-0.3, -0.25) is 4.79 Å². The van der Waals surface area contributed by atoms with E-state index in [1.165, 1.54) is 0 Å². The zero-order valence-electron chi connectivity index (χ0n) is 12.5. The van der Waals surface area contributed by atoms with Gasteiger partial charge < -0.3 is 15.8 Å². The Labute approximate surface area is 123 Å². The highest BCUT2D eigenvalue weighted by molar-refractivity contribution is 5.79. The fourth-order valence-electron chi connectivity index (χ4n) is 1.97. The molecule has 0 bridgehead atoms. The summed E-state index contributed by atoms with van der Waals surface area (Å²) in [7, 11) is 1.83. The number of carbonyl (C=O) groups is 1. The first kappa shape index (κ1) is 15.1. The van der Waals surface area contributed by atoms with E-state index in [-0.39, 0.29) is 5.91 Å². The fraction of sp³-hybridized carbons (Fsp3) is 0.333. The quantitative estimate of drug-likeness (QED) is 0.843. The van der Waals surface area contributed by atoms with Crippen LogP contribution in [-0.4, -0.2) is 21.7 Å². The lowest BCUT2D eigenvalue weighted by atomic mass is 10.2. The summed E-state index contributed by atoms with van der Waals surface area (Å²) in [5.41, 5.74) is 7.02. The molecule has 0 saturated heterocycles. The summed E-state index contributed by atoms with van der Waals surface area (Å²) in [6, 6.07) is 9.10. The van der Waals surface area contributed by atoms with Crippen LogP contribution in [0.4, 0.5) is 0 Å². The van der Waals surface area contributed by atoms with Gasteiger partial charge in [-0.25, -0.2) is 4.68 Å². The minimum Gasteiger partial charge on any atom is -0.439 e. The second-order valence-electron chi connectivity index (χ2n) is 4.91. The lowest BCUT2D eigenvalue weighted by molar-refractivity contribution is -0.119. The molecule has 21 heavy (non-hydrogen) atoms. The number of nitrogens with zero attached hydrogens (tertiary/aromatic N) is 2. The molecule has 1 heterocycles. The molecule has 0 aliphatic carbocycles. The van der Waals surface area contributed by atoms with Gasteiger partial charge in [0.1, 0.15) is 5.75 Å². The number of nitrogens with two attached hydrogens (primary N) is 1. The number of carbonyl (C=O) groups excluding carboxylic acids is 1. The molecule has 1 atom stereocenters. The van der Waals surface area contributed by atoms with Gasteiger partial charge in [-0.1, -0.05) is 18.2 Å². The molecule has 0 aliphatic heterocycles. The topological polar surface area (TPSA) is 82.2 Å². The molecule has 2 aromatic rings. The lowest BCUT2D eigenvalue weighted by Gasteiger charge is -2.12. The lowest BCUT2D eigenvalue weighted by Crippen LogP contribution is -2.38. The van der Waals surface area contributed by atoms with E-state index in [0.717, 1.165) is 17.0 Å². The van der Waals surface area contributed by atoms with Gasteiger partial charge >= 0.3 is 0 Å². The maximum atomic E-state index is 11.1. The molecule has 1 unspecified atom stereocenters. The van der Waals surface area contributed by atoms with Crippen LogP contribution >= 0.6 is 0 Å². The summed E-state index contributed by atoms with van der Waals surface area (Å²) in [4.78, 5) is 11.1. The van der Waals surface area contributed by atoms with Gasteiger partial charge in [0, 0.05) is 13.6 Å². The Bertz CT molecular complexity index is 622. The Morgan fingerprint density at radius 1 is 1.43 bits per heavy atom. The van der Waals surface area contributed by atoms with E-state index in [0.29, 0.717) is 12.4 Å². The van der Waals surface area contributed by atoms with Crippen LogP contribution in [-0.2, 0) is 18.4 Å². The number of primary amides is 1. The van der Waals surface area contributed by atoms with Crippen molar-refractivity contribution >= 4 is 5.91 Å². The third-order valence-corrected chi connectivity index (χ3v) is 3.26. The van der Waals surface area contributed by atoms with Crippen LogP contribution in [0.1, 0.15) is 18.2 Å². The van der Waals surface area contributed by atoms with Crippen molar-refractivity contribution in [2.75, 3.05) is 0 Å². The van der Waals surface area contributed by atoms with Crippen LogP contribution < -0.4 is 15.8 Å². The first-order valence-electron chi connectivity index (χ1n) is 6.77. The molecule has 1 aromatic carbocycles. The van der Waals surface area contributed by atoms with Crippen molar-refractivity contribution in [3.8, 4) is 11.6 Å². The Morgan fingerprint density at radius 2 is 2.10 bits per heavy atom. The Kier molecular flexibility index (Phi) is 4.59. The van der Waals surface area contributed by atoms with Crippen molar-refractivity contribution in [1.82, 2.24) is 15.1 Å². The number of benzene rings is 1. The third kappa shape index (κ3) is 3.61. The molecule has 0 aliphatic rings. The summed E-state index contributed by atoms with van der Waals surface area (Å²) in [6.07, 6.45) is 0. The first-order valence-corrected chi connectivity index (χ1v) is 6.77. The summed E-state index contributed by atoms with van der Waals surface area (Å²) in [6.45, 7) is 4.10. The second-order valence-corrected chi connectivity index (χ2v) is 4.91. The number of para-hydroxylation sites is 1. The molecule has 0 saturated carbocycles. The molecule has 3 N–H and O–H groups in total. The minimum absolute atomic E-state index is 0.387. The summed E-state index contributed by atoms with van der Waals surface area (Å²) in [5, 5.41) is 7.44. The van der Waals surface area contributed by atoms with Crippen LogP contribution in [0.2, 0.25) is 0 Å². The number of hydrogen-bond donors (Lipinski definition) is 2. The van der Waals surface area contributed by atoms with Gasteiger partial charge in [0.2, 0.25) is 11.8 Å². The monoisotopic (exact) mass is 288 g/mol. The number of aryl methyl sites for hydroxylation is 2. The molecule has 6 nitrogen and oxygen atoms in total. The van der Waals surface area contributed by atoms with E-state index in [1.54, 1.807) is 11.6 Å². The third-order valence-electron chi connectivity index (χ3n) is 3.26. The van der Waals surface area contributed by atoms with Gasteiger partial charge in [-0.15, -0.1) is 0 Å². The maximum Gasteiger partial charge on any atom is 0.234 e. The van der Waals surface area contributed by atoms with Crippen LogP contribution in [0.5, 0.6) is 11.6 Å². The van der Waals surface area contributed by atoms with Gasteiger partial charge in [0.05, 0.1) is 17.3 Å². The van der Waals surface area contributed by atoms with Crippen LogP contribution in [0, 0.1) is 6.92 Å². The molecule has 1 aromatic heterocycles. The molecular formula is C15H20N4O2. The molecular weight excluding hydrogens is 268 g/mol. The van der Waals surface area contributed by atoms with Crippen molar-refractivity contribution in [3.05, 3.63) is 41.6 Å². The predicted octanol–water partition coefficient (Wildman–Crippen LogP) is 1.48. The highest BCUT2D eigenvalue weighted by Gasteiger charge is 2.17. The minimum atomic E-state index is -0.408. The second kappa shape index (κ2) is 6.41. The van der Waals surface area contributed by atoms with Crippen LogP contribution in [0.25, 0.3) is 0 Å². The number of ether oxygens (including phenoxy) is 1. The molecule has 2 rings (SSSR count). The number of rotatable bonds is 6. The van der Waals surface area contributed by atoms with Gasteiger partial charge in [-0.2, -0.15) is 5.10 Å². The number of hydrogen-bond acceptors (Lipinski definition) is 4. The number of amides is 1. The molecule has 0 fully saturated rings. The summed E-state index contributed by atoms with van der Waals surface area (Å²) >= 11 is 0. The van der Waals surface area contributed by atoms with Gasteiger partial charge in [-0.05, 0) is 26.0 Å². The Morgan fingerprint density at radius 3 is 2.71 bits per heavy atom. The Hall–Kier alpha value is -2.34. The summed E-state index contributed by atoms with van der Waals surface area (Å²) < 4.78 is 7.59. The van der Waals surface area contributed by atoms with Crippen LogP contribution in [0.3, 0.4) is 0 Å². The highest BCUT2D eigenvalue weighted by Crippen LogP contribution is 2.26.